The first kappa shape index (κ1) is 10.2. The Morgan fingerprint density at radius 2 is 2.38 bits per heavy atom. The second-order valence-corrected chi connectivity index (χ2v) is 3.48. The summed E-state index contributed by atoms with van der Waals surface area (Å²) in [6.07, 6.45) is 7.77. The van der Waals surface area contributed by atoms with Crippen LogP contribution in [0.25, 0.3) is 0 Å². The van der Waals surface area contributed by atoms with Crippen LogP contribution in [0.3, 0.4) is 0 Å². The van der Waals surface area contributed by atoms with Crippen molar-refractivity contribution in [1.82, 2.24) is 4.90 Å². The standard InChI is InChI=1S/C10H18N2O/c1-2-3-4-5-6-12-9-11-7-10(12)8-13/h8-10H,2-7H2,1H3. The van der Waals surface area contributed by atoms with Crippen LogP contribution < -0.4 is 0 Å². The van der Waals surface area contributed by atoms with Crippen LogP contribution in [0.15, 0.2) is 4.99 Å². The van der Waals surface area contributed by atoms with E-state index in [1.165, 1.54) is 25.7 Å². The van der Waals surface area contributed by atoms with Gasteiger partial charge in [-0.3, -0.25) is 4.99 Å². The predicted octanol–water partition coefficient (Wildman–Crippen LogP) is 1.48. The van der Waals surface area contributed by atoms with E-state index in [-0.39, 0.29) is 6.04 Å². The molecule has 3 nitrogen and oxygen atoms in total. The largest absolute Gasteiger partial charge is 0.351 e. The molecule has 1 aliphatic rings. The van der Waals surface area contributed by atoms with Gasteiger partial charge in [0.2, 0.25) is 0 Å². The van der Waals surface area contributed by atoms with Crippen molar-refractivity contribution in [3.63, 3.8) is 0 Å². The van der Waals surface area contributed by atoms with Crippen LogP contribution >= 0.6 is 0 Å². The Balaban J connectivity index is 2.13. The third-order valence-corrected chi connectivity index (χ3v) is 2.38. The number of hydrogen-bond acceptors (Lipinski definition) is 3. The van der Waals surface area contributed by atoms with E-state index in [0.717, 1.165) is 12.8 Å². The van der Waals surface area contributed by atoms with Gasteiger partial charge in [0, 0.05) is 6.54 Å². The molecule has 0 aromatic heterocycles. The zero-order valence-electron chi connectivity index (χ0n) is 8.28. The highest BCUT2D eigenvalue weighted by atomic mass is 16.1. The Morgan fingerprint density at radius 1 is 1.54 bits per heavy atom. The van der Waals surface area contributed by atoms with Gasteiger partial charge in [-0.2, -0.15) is 0 Å². The van der Waals surface area contributed by atoms with Gasteiger partial charge in [-0.15, -0.1) is 0 Å². The van der Waals surface area contributed by atoms with Crippen LogP contribution in [0.4, 0.5) is 0 Å². The molecule has 1 heterocycles. The van der Waals surface area contributed by atoms with Crippen LogP contribution in [0.5, 0.6) is 0 Å². The Kier molecular flexibility index (Phi) is 4.50. The lowest BCUT2D eigenvalue weighted by Gasteiger charge is -2.18. The number of carbonyl (C=O) groups is 1. The molecule has 0 radical (unpaired) electrons. The molecule has 3 heteroatoms. The van der Waals surface area contributed by atoms with Crippen molar-refractivity contribution in [1.29, 1.82) is 0 Å². The van der Waals surface area contributed by atoms with E-state index in [1.807, 2.05) is 11.2 Å². The van der Waals surface area contributed by atoms with E-state index in [4.69, 9.17) is 0 Å². The average molecular weight is 182 g/mol. The lowest BCUT2D eigenvalue weighted by atomic mass is 10.2. The van der Waals surface area contributed by atoms with Crippen LogP contribution in [0.1, 0.15) is 32.6 Å². The summed E-state index contributed by atoms with van der Waals surface area (Å²) in [6.45, 7) is 3.83. The summed E-state index contributed by atoms with van der Waals surface area (Å²) in [5, 5.41) is 0. The van der Waals surface area contributed by atoms with Gasteiger partial charge >= 0.3 is 0 Å². The Bertz CT molecular complexity index is 180. The maximum absolute atomic E-state index is 10.6. The van der Waals surface area contributed by atoms with Crippen LogP contribution in [0.2, 0.25) is 0 Å². The van der Waals surface area contributed by atoms with Crippen molar-refractivity contribution in [2.24, 2.45) is 4.99 Å². The quantitative estimate of drug-likeness (QED) is 0.460. The van der Waals surface area contributed by atoms with Gasteiger partial charge in [-0.05, 0) is 6.42 Å². The van der Waals surface area contributed by atoms with E-state index < -0.39 is 0 Å². The fourth-order valence-electron chi connectivity index (χ4n) is 1.52. The molecular formula is C10H18N2O. The number of unbranched alkanes of at least 4 members (excludes halogenated alkanes) is 3. The van der Waals surface area contributed by atoms with Gasteiger partial charge in [-0.25, -0.2) is 0 Å². The number of aliphatic imine (C=N–C) groups is 1. The molecule has 0 saturated heterocycles. The summed E-state index contributed by atoms with van der Waals surface area (Å²) in [7, 11) is 0. The molecule has 0 N–H and O–H groups in total. The first-order valence-corrected chi connectivity index (χ1v) is 5.09. The van der Waals surface area contributed by atoms with Gasteiger partial charge in [0.1, 0.15) is 12.3 Å². The van der Waals surface area contributed by atoms with Gasteiger partial charge in [0.15, 0.2) is 0 Å². The molecule has 1 rings (SSSR count). The first-order valence-electron chi connectivity index (χ1n) is 5.09. The van der Waals surface area contributed by atoms with Gasteiger partial charge < -0.3 is 9.69 Å². The second-order valence-electron chi connectivity index (χ2n) is 3.48. The van der Waals surface area contributed by atoms with Gasteiger partial charge in [0.25, 0.3) is 0 Å². The molecule has 13 heavy (non-hydrogen) atoms. The van der Waals surface area contributed by atoms with Crippen molar-refractivity contribution in [2.45, 2.75) is 38.6 Å². The topological polar surface area (TPSA) is 32.7 Å². The van der Waals surface area contributed by atoms with Crippen LogP contribution in [0, 0.1) is 0 Å². The van der Waals surface area contributed by atoms with E-state index >= 15 is 0 Å². The summed E-state index contributed by atoms with van der Waals surface area (Å²) in [6, 6.07) is 0.0154. The van der Waals surface area contributed by atoms with E-state index in [9.17, 15) is 4.79 Å². The maximum atomic E-state index is 10.6. The molecule has 1 unspecified atom stereocenters. The molecule has 1 aliphatic heterocycles. The molecule has 0 aromatic carbocycles. The minimum Gasteiger partial charge on any atom is -0.351 e. The predicted molar refractivity (Wildman–Crippen MR) is 54.1 cm³/mol. The molecular weight excluding hydrogens is 164 g/mol. The summed E-state index contributed by atoms with van der Waals surface area (Å²) >= 11 is 0. The molecule has 0 fully saturated rings. The molecule has 1 atom stereocenters. The van der Waals surface area contributed by atoms with Crippen LogP contribution in [-0.4, -0.2) is 36.7 Å². The van der Waals surface area contributed by atoms with Crippen LogP contribution in [-0.2, 0) is 4.79 Å². The number of hydrogen-bond donors (Lipinski definition) is 0. The monoisotopic (exact) mass is 182 g/mol. The summed E-state index contributed by atoms with van der Waals surface area (Å²) < 4.78 is 0. The lowest BCUT2D eigenvalue weighted by Crippen LogP contribution is -2.33. The normalized spacial score (nSPS) is 21.0. The summed E-state index contributed by atoms with van der Waals surface area (Å²) in [5.41, 5.74) is 0. The summed E-state index contributed by atoms with van der Waals surface area (Å²) in [4.78, 5) is 16.7. The molecule has 74 valence electrons. The van der Waals surface area contributed by atoms with E-state index in [1.54, 1.807) is 0 Å². The van der Waals surface area contributed by atoms with Gasteiger partial charge in [0.05, 0.1) is 12.9 Å². The number of carbonyl (C=O) groups excluding carboxylic acids is 1. The van der Waals surface area contributed by atoms with Crippen molar-refractivity contribution >= 4 is 12.6 Å². The number of aldehydes is 1. The zero-order valence-corrected chi connectivity index (χ0v) is 8.28. The smallest absolute Gasteiger partial charge is 0.144 e. The minimum absolute atomic E-state index is 0.0154. The maximum Gasteiger partial charge on any atom is 0.144 e. The molecule has 0 saturated carbocycles. The zero-order chi connectivity index (χ0) is 9.52. The highest BCUT2D eigenvalue weighted by molar-refractivity contribution is 5.69. The Hall–Kier alpha value is -0.860. The third-order valence-electron chi connectivity index (χ3n) is 2.38. The van der Waals surface area contributed by atoms with E-state index in [2.05, 4.69) is 11.9 Å². The highest BCUT2D eigenvalue weighted by Crippen LogP contribution is 2.06. The van der Waals surface area contributed by atoms with Crippen molar-refractivity contribution < 1.29 is 4.79 Å². The Labute approximate surface area is 79.8 Å². The average Bonchev–Trinajstić information content (AvgIpc) is 2.60. The van der Waals surface area contributed by atoms with Crippen molar-refractivity contribution in [3.8, 4) is 0 Å². The van der Waals surface area contributed by atoms with Crippen molar-refractivity contribution in [2.75, 3.05) is 13.1 Å². The molecule has 0 spiro atoms. The fourth-order valence-corrected chi connectivity index (χ4v) is 1.52. The fraction of sp³-hybridized carbons (Fsp3) is 0.800. The molecule has 0 aromatic rings. The Morgan fingerprint density at radius 3 is 3.08 bits per heavy atom. The number of rotatable bonds is 6. The first-order chi connectivity index (χ1) is 6.38. The minimum atomic E-state index is 0.0154. The van der Waals surface area contributed by atoms with E-state index in [0.29, 0.717) is 6.54 Å². The second kappa shape index (κ2) is 5.73. The third kappa shape index (κ3) is 3.17. The molecule has 0 amide bonds. The SMILES string of the molecule is CCCCCCN1C=NCC1C=O. The van der Waals surface area contributed by atoms with Gasteiger partial charge in [-0.1, -0.05) is 26.2 Å². The van der Waals surface area contributed by atoms with Crippen molar-refractivity contribution in [3.05, 3.63) is 0 Å². The number of nitrogens with zero attached hydrogens (tertiary/aromatic N) is 2. The molecule has 0 aliphatic carbocycles. The highest BCUT2D eigenvalue weighted by Gasteiger charge is 2.17. The molecule has 0 bridgehead atoms. The summed E-state index contributed by atoms with van der Waals surface area (Å²) in [5.74, 6) is 0. The lowest BCUT2D eigenvalue weighted by molar-refractivity contribution is -0.110.